The van der Waals surface area contributed by atoms with E-state index < -0.39 is 24.3 Å². The molecule has 7 atom stereocenters. The number of rotatable bonds is 4. The van der Waals surface area contributed by atoms with Gasteiger partial charge in [-0.15, -0.1) is 11.8 Å². The Morgan fingerprint density at radius 1 is 1.12 bits per heavy atom. The van der Waals surface area contributed by atoms with Crippen LogP contribution in [-0.2, 0) is 14.4 Å². The first-order chi connectivity index (χ1) is 15.8. The first-order valence-electron chi connectivity index (χ1n) is 11.0. The fraction of sp³-hybridized carbons (Fsp3) is 0.478. The van der Waals surface area contributed by atoms with Gasteiger partial charge in [0.15, 0.2) is 0 Å². The number of benzene rings is 1. The highest BCUT2D eigenvalue weighted by atomic mass is 32.2. The third kappa shape index (κ3) is 2.89. The summed E-state index contributed by atoms with van der Waals surface area (Å²) < 4.78 is 0. The number of imide groups is 1. The second kappa shape index (κ2) is 7.20. The molecule has 33 heavy (non-hydrogen) atoms. The average Bonchev–Trinajstić information content (AvgIpc) is 3.49. The van der Waals surface area contributed by atoms with Crippen LogP contribution in [0.15, 0.2) is 34.1 Å². The van der Waals surface area contributed by atoms with Gasteiger partial charge >= 0.3 is 10.8 Å². The van der Waals surface area contributed by atoms with E-state index in [-0.39, 0.29) is 45.6 Å². The van der Waals surface area contributed by atoms with Crippen molar-refractivity contribution >= 4 is 46.6 Å². The van der Waals surface area contributed by atoms with Gasteiger partial charge < -0.3 is 15.0 Å². The van der Waals surface area contributed by atoms with Crippen molar-refractivity contribution in [2.45, 2.75) is 22.6 Å². The number of nitrogens with zero attached hydrogens (tertiary/aromatic N) is 2. The third-order valence-corrected chi connectivity index (χ3v) is 10.5. The molecule has 10 heteroatoms. The van der Waals surface area contributed by atoms with Crippen molar-refractivity contribution in [1.82, 2.24) is 9.88 Å². The lowest BCUT2D eigenvalue weighted by molar-refractivity contribution is -0.149. The van der Waals surface area contributed by atoms with Crippen LogP contribution < -0.4 is 9.77 Å². The van der Waals surface area contributed by atoms with Crippen LogP contribution in [0.5, 0.6) is 0 Å². The number of anilines is 1. The fourth-order valence-electron chi connectivity index (χ4n) is 6.72. The highest BCUT2D eigenvalue weighted by molar-refractivity contribution is 8.00. The molecule has 3 fully saturated rings. The van der Waals surface area contributed by atoms with Gasteiger partial charge in [-0.2, -0.15) is 0 Å². The van der Waals surface area contributed by atoms with Crippen molar-refractivity contribution < 1.29 is 19.5 Å². The summed E-state index contributed by atoms with van der Waals surface area (Å²) in [4.78, 5) is 56.7. The molecular weight excluding hydrogens is 462 g/mol. The molecule has 2 aliphatic carbocycles. The summed E-state index contributed by atoms with van der Waals surface area (Å²) in [5.41, 5.74) is 2.19. The normalized spacial score (nSPS) is 33.8. The lowest BCUT2D eigenvalue weighted by Crippen LogP contribution is -2.42. The summed E-state index contributed by atoms with van der Waals surface area (Å²) in [5, 5.41) is 10.2. The molecule has 4 aliphatic rings. The molecule has 2 amide bonds. The second-order valence-electron chi connectivity index (χ2n) is 9.60. The molecule has 0 spiro atoms. The van der Waals surface area contributed by atoms with Gasteiger partial charge in [-0.25, -0.2) is 0 Å². The number of carboxylic acids is 1. The van der Waals surface area contributed by atoms with Crippen LogP contribution in [0, 0.1) is 29.6 Å². The lowest BCUT2D eigenvalue weighted by atomic mass is 9.68. The maximum absolute atomic E-state index is 13.2. The first kappa shape index (κ1) is 21.0. The van der Waals surface area contributed by atoms with E-state index in [1.165, 1.54) is 11.3 Å². The number of carboxylic acid groups (broad SMARTS) is 1. The van der Waals surface area contributed by atoms with Gasteiger partial charge in [0, 0.05) is 35.8 Å². The van der Waals surface area contributed by atoms with Gasteiger partial charge in [-0.05, 0) is 41.9 Å². The molecular formula is C23H23N3O5S2. The molecule has 1 saturated heterocycles. The molecule has 2 aromatic rings. The van der Waals surface area contributed by atoms with E-state index in [2.05, 4.69) is 29.2 Å². The molecule has 2 aliphatic heterocycles. The number of carbonyl (C=O) groups excluding carboxylic acids is 2. The second-order valence-corrected chi connectivity index (χ2v) is 11.8. The van der Waals surface area contributed by atoms with E-state index >= 15 is 0 Å². The third-order valence-electron chi connectivity index (χ3n) is 7.88. The van der Waals surface area contributed by atoms with Crippen LogP contribution in [0.3, 0.4) is 0 Å². The Hall–Kier alpha value is -2.59. The minimum Gasteiger partial charge on any atom is -0.480 e. The number of amides is 2. The zero-order chi connectivity index (χ0) is 23.2. The van der Waals surface area contributed by atoms with Crippen molar-refractivity contribution in [3.8, 4) is 0 Å². The maximum Gasteiger partial charge on any atom is 0.323 e. The van der Waals surface area contributed by atoms with E-state index in [4.69, 9.17) is 0 Å². The summed E-state index contributed by atoms with van der Waals surface area (Å²) in [6.07, 6.45) is 0.793. The Morgan fingerprint density at radius 2 is 1.79 bits per heavy atom. The molecule has 0 unspecified atom stereocenters. The number of thiazole rings is 1. The van der Waals surface area contributed by atoms with Crippen LogP contribution >= 0.6 is 23.1 Å². The molecule has 172 valence electrons. The van der Waals surface area contributed by atoms with E-state index in [1.54, 1.807) is 11.8 Å². The van der Waals surface area contributed by atoms with Crippen LogP contribution in [0.1, 0.15) is 22.8 Å². The monoisotopic (exact) mass is 485 g/mol. The SMILES string of the molecule is CN(C)c1ccc([C@@H]2c3sc(=O)[nH]c3S[C@@H]3[C@H]4C[C@@H]([C@@H]5C(=O)N(CC(=O)O)C(=O)[C@H]45)[C@H]23)cc1. The standard InChI is InChI=1S/C23H23N3O5S2/c1-25(2)10-5-3-9(4-6-10)14-15-11-7-12(18(15)32-20-19(14)33-23(31)24-20)17-16(11)21(29)26(22(17)30)8-13(27)28/h3-6,11-12,14-18H,7-8H2,1-2H3,(H,24,31)(H,27,28)/t11-,12+,14+,15-,16+,17-,18-/m1/s1. The fourth-order valence-corrected chi connectivity index (χ4v) is 9.61. The Kier molecular flexibility index (Phi) is 4.58. The predicted molar refractivity (Wildman–Crippen MR) is 124 cm³/mol. The average molecular weight is 486 g/mol. The molecule has 0 radical (unpaired) electrons. The van der Waals surface area contributed by atoms with Crippen LogP contribution in [0.25, 0.3) is 0 Å². The first-order valence-corrected chi connectivity index (χ1v) is 12.7. The van der Waals surface area contributed by atoms with Crippen LogP contribution in [0.4, 0.5) is 5.69 Å². The number of aromatic amines is 1. The highest BCUT2D eigenvalue weighted by Crippen LogP contribution is 2.68. The largest absolute Gasteiger partial charge is 0.480 e. The summed E-state index contributed by atoms with van der Waals surface area (Å²) in [6, 6.07) is 8.33. The van der Waals surface area contributed by atoms with Crippen molar-refractivity contribution in [2.24, 2.45) is 29.6 Å². The van der Waals surface area contributed by atoms with E-state index in [0.717, 1.165) is 32.5 Å². The summed E-state index contributed by atoms with van der Waals surface area (Å²) >= 11 is 2.87. The predicted octanol–water partition coefficient (Wildman–Crippen LogP) is 2.06. The molecule has 2 bridgehead atoms. The van der Waals surface area contributed by atoms with E-state index in [0.29, 0.717) is 0 Å². The number of hydrogen-bond donors (Lipinski definition) is 2. The number of aromatic nitrogens is 1. The topological polar surface area (TPSA) is 111 Å². The van der Waals surface area contributed by atoms with Gasteiger partial charge in [0.05, 0.1) is 16.9 Å². The summed E-state index contributed by atoms with van der Waals surface area (Å²) in [7, 11) is 3.97. The van der Waals surface area contributed by atoms with Gasteiger partial charge in [-0.1, -0.05) is 23.5 Å². The van der Waals surface area contributed by atoms with Gasteiger partial charge in [0.2, 0.25) is 11.8 Å². The molecule has 2 saturated carbocycles. The Labute approximate surface area is 198 Å². The molecule has 8 nitrogen and oxygen atoms in total. The molecule has 6 rings (SSSR count). The molecule has 1 aromatic heterocycles. The van der Waals surface area contributed by atoms with Crippen molar-refractivity contribution in [1.29, 1.82) is 0 Å². The Morgan fingerprint density at radius 3 is 2.42 bits per heavy atom. The number of carbonyl (C=O) groups is 3. The Balaban J connectivity index is 1.43. The van der Waals surface area contributed by atoms with Crippen molar-refractivity contribution in [3.05, 3.63) is 44.4 Å². The van der Waals surface area contributed by atoms with Crippen molar-refractivity contribution in [2.75, 3.05) is 25.5 Å². The van der Waals surface area contributed by atoms with Gasteiger partial charge in [0.1, 0.15) is 6.54 Å². The lowest BCUT2D eigenvalue weighted by Gasteiger charge is -2.43. The molecule has 2 N–H and O–H groups in total. The maximum atomic E-state index is 13.2. The number of likely N-dealkylation sites (tertiary alicyclic amines) is 1. The van der Waals surface area contributed by atoms with E-state index in [1.807, 2.05) is 19.0 Å². The number of aliphatic carboxylic acids is 1. The zero-order valence-electron chi connectivity index (χ0n) is 18.1. The number of hydrogen-bond acceptors (Lipinski definition) is 7. The Bertz CT molecular complexity index is 1240. The zero-order valence-corrected chi connectivity index (χ0v) is 19.7. The quantitative estimate of drug-likeness (QED) is 0.638. The molecule has 3 heterocycles. The number of fused-ring (bicyclic) bond motifs is 9. The smallest absolute Gasteiger partial charge is 0.323 e. The number of H-pyrrole nitrogens is 1. The van der Waals surface area contributed by atoms with Crippen LogP contribution in [0.2, 0.25) is 0 Å². The number of nitrogens with one attached hydrogen (secondary N) is 1. The summed E-state index contributed by atoms with van der Waals surface area (Å²) in [6.45, 7) is -0.567. The minimum atomic E-state index is -1.17. The van der Waals surface area contributed by atoms with Crippen molar-refractivity contribution in [3.63, 3.8) is 0 Å². The molecule has 1 aromatic carbocycles. The number of thioether (sulfide) groups is 1. The summed E-state index contributed by atoms with van der Waals surface area (Å²) in [5.74, 6) is -2.65. The van der Waals surface area contributed by atoms with Gasteiger partial charge in [0.25, 0.3) is 0 Å². The minimum absolute atomic E-state index is 0.00313. The highest BCUT2D eigenvalue weighted by Gasteiger charge is 2.69. The van der Waals surface area contributed by atoms with E-state index in [9.17, 15) is 24.3 Å². The van der Waals surface area contributed by atoms with Gasteiger partial charge in [-0.3, -0.25) is 24.1 Å². The van der Waals surface area contributed by atoms with Crippen LogP contribution in [-0.4, -0.2) is 58.7 Å².